The number of rotatable bonds is 5. The van der Waals surface area contributed by atoms with Crippen LogP contribution in [0.2, 0.25) is 0 Å². The number of ether oxygens (including phenoxy) is 3. The van der Waals surface area contributed by atoms with Crippen molar-refractivity contribution in [3.05, 3.63) is 11.6 Å². The summed E-state index contributed by atoms with van der Waals surface area (Å²) < 4.78 is 16.3. The molecule has 0 amide bonds. The molecule has 1 heterocycles. The van der Waals surface area contributed by atoms with Crippen molar-refractivity contribution in [2.45, 2.75) is 83.0 Å². The van der Waals surface area contributed by atoms with Crippen molar-refractivity contribution in [2.24, 2.45) is 34.5 Å². The molecular formula is C25H34O7. The molecule has 0 aromatic heterocycles. The quantitative estimate of drug-likeness (QED) is 0.394. The summed E-state index contributed by atoms with van der Waals surface area (Å²) >= 11 is 0. The second-order valence-electron chi connectivity index (χ2n) is 11.2. The highest BCUT2D eigenvalue weighted by Gasteiger charge is 2.71. The molecule has 1 N–H and O–H groups in total. The number of fused-ring (bicyclic) bond motifs is 5. The van der Waals surface area contributed by atoms with Gasteiger partial charge in [0.1, 0.15) is 18.8 Å². The second-order valence-corrected chi connectivity index (χ2v) is 11.2. The first kappa shape index (κ1) is 21.9. The summed E-state index contributed by atoms with van der Waals surface area (Å²) in [5.41, 5.74) is -0.699. The highest BCUT2D eigenvalue weighted by Crippen LogP contribution is 2.70. The summed E-state index contributed by atoms with van der Waals surface area (Å²) in [7, 11) is 0. The number of hydrogen-bond donors (Lipinski definition) is 1. The topological polar surface area (TPSA) is 99.1 Å². The predicted octanol–water partition coefficient (Wildman–Crippen LogP) is 2.94. The Morgan fingerprint density at radius 2 is 1.81 bits per heavy atom. The van der Waals surface area contributed by atoms with Crippen molar-refractivity contribution in [3.8, 4) is 0 Å². The van der Waals surface area contributed by atoms with Crippen LogP contribution < -0.4 is 0 Å². The van der Waals surface area contributed by atoms with Crippen molar-refractivity contribution in [3.63, 3.8) is 0 Å². The Morgan fingerprint density at radius 1 is 1.03 bits per heavy atom. The third-order valence-electron chi connectivity index (χ3n) is 10.5. The minimum atomic E-state index is -0.967. The fourth-order valence-electron chi connectivity index (χ4n) is 8.79. The Labute approximate surface area is 188 Å². The Kier molecular flexibility index (Phi) is 5.19. The largest absolute Gasteiger partial charge is 0.465 e. The summed E-state index contributed by atoms with van der Waals surface area (Å²) in [6.07, 6.45) is 7.78. The molecule has 5 aliphatic rings. The molecule has 9 unspecified atom stereocenters. The lowest BCUT2D eigenvalue weighted by Crippen LogP contribution is -2.67. The lowest BCUT2D eigenvalue weighted by molar-refractivity contribution is -0.248. The molecule has 4 aliphatic carbocycles. The van der Waals surface area contributed by atoms with Crippen LogP contribution in [-0.4, -0.2) is 48.4 Å². The Morgan fingerprint density at radius 3 is 2.50 bits per heavy atom. The van der Waals surface area contributed by atoms with E-state index in [1.54, 1.807) is 6.08 Å². The maximum Gasteiger partial charge on any atom is 0.331 e. The molecule has 0 bridgehead atoms. The molecule has 0 spiro atoms. The van der Waals surface area contributed by atoms with Gasteiger partial charge in [0.05, 0.1) is 5.60 Å². The minimum Gasteiger partial charge on any atom is -0.465 e. The van der Waals surface area contributed by atoms with E-state index in [1.807, 2.05) is 0 Å². The molecule has 0 aromatic carbocycles. The third kappa shape index (κ3) is 2.85. The summed E-state index contributed by atoms with van der Waals surface area (Å²) in [6.45, 7) is 5.73. The normalized spacial score (nSPS) is 49.7. The average Bonchev–Trinajstić information content (AvgIpc) is 3.30. The van der Waals surface area contributed by atoms with Crippen LogP contribution in [0.3, 0.4) is 0 Å². The van der Waals surface area contributed by atoms with E-state index in [4.69, 9.17) is 14.2 Å². The first-order valence-corrected chi connectivity index (χ1v) is 12.1. The van der Waals surface area contributed by atoms with Gasteiger partial charge in [-0.05, 0) is 86.0 Å². The van der Waals surface area contributed by atoms with E-state index in [1.165, 1.54) is 0 Å². The summed E-state index contributed by atoms with van der Waals surface area (Å²) in [5.74, 6) is 0.395. The van der Waals surface area contributed by atoms with Crippen LogP contribution >= 0.6 is 0 Å². The SMILES string of the molecule is CC12CCC(OC=O)CC1CCC1C2CC(OC=O)C2(C)C(C3=CC(=O)OC3)CCC12O. The van der Waals surface area contributed by atoms with E-state index in [-0.39, 0.29) is 41.8 Å². The number of cyclic esters (lactones) is 1. The average molecular weight is 447 g/mol. The maximum absolute atomic E-state index is 12.4. The number of esters is 1. The van der Waals surface area contributed by atoms with Gasteiger partial charge in [-0.3, -0.25) is 9.59 Å². The minimum absolute atomic E-state index is 0.0109. The van der Waals surface area contributed by atoms with Gasteiger partial charge in [0, 0.05) is 11.5 Å². The van der Waals surface area contributed by atoms with Crippen molar-refractivity contribution >= 4 is 18.9 Å². The lowest BCUT2D eigenvalue weighted by Gasteiger charge is -2.65. The second kappa shape index (κ2) is 7.57. The van der Waals surface area contributed by atoms with Crippen LogP contribution in [0, 0.1) is 34.5 Å². The molecule has 4 fully saturated rings. The zero-order valence-corrected chi connectivity index (χ0v) is 19.0. The van der Waals surface area contributed by atoms with E-state index in [2.05, 4.69) is 13.8 Å². The summed E-state index contributed by atoms with van der Waals surface area (Å²) in [5, 5.41) is 12.4. The molecule has 176 valence electrons. The standard InChI is InChI=1S/C25H34O7/c1-23-7-5-17(31-13-26)10-16(23)3-4-19-20(23)11-21(32-14-27)24(2)18(6-8-25(19,24)29)15-9-22(28)30-12-15/h9,13-14,16-21,29H,3-8,10-12H2,1-2H3. The van der Waals surface area contributed by atoms with Crippen LogP contribution in [0.15, 0.2) is 11.6 Å². The van der Waals surface area contributed by atoms with Gasteiger partial charge in [0.15, 0.2) is 0 Å². The fraction of sp³-hybridized carbons (Fsp3) is 0.800. The first-order valence-electron chi connectivity index (χ1n) is 12.1. The Bertz CT molecular complexity index is 838. The Balaban J connectivity index is 1.50. The lowest BCUT2D eigenvalue weighted by atomic mass is 9.42. The number of carbonyl (C=O) groups is 3. The molecule has 1 aliphatic heterocycles. The van der Waals surface area contributed by atoms with Gasteiger partial charge in [0.2, 0.25) is 0 Å². The maximum atomic E-state index is 12.4. The van der Waals surface area contributed by atoms with Crippen molar-refractivity contribution in [1.82, 2.24) is 0 Å². The van der Waals surface area contributed by atoms with E-state index in [0.717, 1.165) is 44.1 Å². The zero-order chi connectivity index (χ0) is 22.7. The number of hydrogen-bond acceptors (Lipinski definition) is 7. The van der Waals surface area contributed by atoms with Gasteiger partial charge in [-0.2, -0.15) is 0 Å². The van der Waals surface area contributed by atoms with Crippen LogP contribution in [0.5, 0.6) is 0 Å². The smallest absolute Gasteiger partial charge is 0.331 e. The van der Waals surface area contributed by atoms with Gasteiger partial charge in [-0.1, -0.05) is 13.8 Å². The van der Waals surface area contributed by atoms with Gasteiger partial charge in [0.25, 0.3) is 12.9 Å². The summed E-state index contributed by atoms with van der Waals surface area (Å²) in [4.78, 5) is 34.2. The monoisotopic (exact) mass is 446 g/mol. The van der Waals surface area contributed by atoms with E-state index in [9.17, 15) is 19.5 Å². The number of aliphatic hydroxyl groups is 1. The highest BCUT2D eigenvalue weighted by molar-refractivity contribution is 5.85. The van der Waals surface area contributed by atoms with Gasteiger partial charge in [-0.15, -0.1) is 0 Å². The van der Waals surface area contributed by atoms with Crippen LogP contribution in [0.1, 0.15) is 65.2 Å². The molecule has 0 radical (unpaired) electrons. The molecule has 7 nitrogen and oxygen atoms in total. The van der Waals surface area contributed by atoms with E-state index < -0.39 is 17.1 Å². The third-order valence-corrected chi connectivity index (χ3v) is 10.5. The molecule has 0 saturated heterocycles. The number of carbonyl (C=O) groups excluding carboxylic acids is 3. The molecule has 0 aromatic rings. The molecule has 32 heavy (non-hydrogen) atoms. The molecule has 5 rings (SSSR count). The van der Waals surface area contributed by atoms with Crippen LogP contribution in [0.25, 0.3) is 0 Å². The molecular weight excluding hydrogens is 412 g/mol. The first-order chi connectivity index (χ1) is 15.3. The fourth-order valence-corrected chi connectivity index (χ4v) is 8.79. The molecule has 4 saturated carbocycles. The zero-order valence-electron chi connectivity index (χ0n) is 19.0. The van der Waals surface area contributed by atoms with Crippen molar-refractivity contribution in [1.29, 1.82) is 0 Å². The van der Waals surface area contributed by atoms with Crippen molar-refractivity contribution < 1.29 is 33.7 Å². The van der Waals surface area contributed by atoms with E-state index in [0.29, 0.717) is 31.7 Å². The van der Waals surface area contributed by atoms with Gasteiger partial charge in [-0.25, -0.2) is 4.79 Å². The Hall–Kier alpha value is -1.89. The van der Waals surface area contributed by atoms with Crippen LogP contribution in [0.4, 0.5) is 0 Å². The van der Waals surface area contributed by atoms with Gasteiger partial charge >= 0.3 is 5.97 Å². The summed E-state index contributed by atoms with van der Waals surface area (Å²) in [6, 6.07) is 0. The highest BCUT2D eigenvalue weighted by atomic mass is 16.5. The van der Waals surface area contributed by atoms with Crippen LogP contribution in [-0.2, 0) is 28.6 Å². The van der Waals surface area contributed by atoms with E-state index >= 15 is 0 Å². The molecule has 9 atom stereocenters. The molecule has 7 heteroatoms. The predicted molar refractivity (Wildman–Crippen MR) is 113 cm³/mol. The van der Waals surface area contributed by atoms with Crippen molar-refractivity contribution in [2.75, 3.05) is 6.61 Å². The van der Waals surface area contributed by atoms with Gasteiger partial charge < -0.3 is 19.3 Å².